The van der Waals surface area contributed by atoms with Crippen LogP contribution < -0.4 is 19.5 Å². The number of fused-ring (bicyclic) bond motifs is 1. The maximum atomic E-state index is 13.2. The molecule has 14 heteroatoms. The minimum Gasteiger partial charge on any atom is -0.490 e. The van der Waals surface area contributed by atoms with Crippen molar-refractivity contribution in [1.29, 1.82) is 0 Å². The standard InChI is InChI=1S/C32H32ClN3O9S/c1-32(2,3)45-31(38)34-27(30(37)35-46(41,42)24-15-16-26(33)28(20-24)36(39)40)19-21-11-13-23(14-12-21)43-17-18-44-29-10-6-8-22-7-4-5-9-25(22)29/h4-16,20,27H,17-19H2,1-3H3,(H,34,38)(H,35,37)/t27-/m0/s1. The molecule has 0 heterocycles. The van der Waals surface area contributed by atoms with Crippen molar-refractivity contribution < 1.29 is 37.1 Å². The van der Waals surface area contributed by atoms with Gasteiger partial charge in [-0.05, 0) is 62.1 Å². The Hall–Kier alpha value is -4.88. The van der Waals surface area contributed by atoms with Crippen molar-refractivity contribution >= 4 is 50.1 Å². The van der Waals surface area contributed by atoms with Crippen LogP contribution in [0.5, 0.6) is 11.5 Å². The molecule has 0 saturated heterocycles. The van der Waals surface area contributed by atoms with Crippen molar-refractivity contribution in [3.63, 3.8) is 0 Å². The van der Waals surface area contributed by atoms with Gasteiger partial charge in [-0.15, -0.1) is 0 Å². The van der Waals surface area contributed by atoms with Crippen molar-refractivity contribution in [3.05, 3.63) is 106 Å². The topological polar surface area (TPSA) is 163 Å². The number of nitrogens with zero attached hydrogens (tertiary/aromatic N) is 1. The summed E-state index contributed by atoms with van der Waals surface area (Å²) in [4.78, 5) is 35.6. The number of nitro benzene ring substituents is 1. The fourth-order valence-corrected chi connectivity index (χ4v) is 5.54. The van der Waals surface area contributed by atoms with E-state index in [2.05, 4.69) is 5.32 Å². The summed E-state index contributed by atoms with van der Waals surface area (Å²) in [5, 5.41) is 15.4. The lowest BCUT2D eigenvalue weighted by molar-refractivity contribution is -0.384. The second-order valence-corrected chi connectivity index (χ2v) is 13.2. The number of sulfonamides is 1. The molecule has 4 rings (SSSR count). The first kappa shape index (κ1) is 34.0. The molecule has 0 saturated carbocycles. The van der Waals surface area contributed by atoms with Gasteiger partial charge in [0.2, 0.25) is 0 Å². The second kappa shape index (κ2) is 14.5. The predicted octanol–water partition coefficient (Wildman–Crippen LogP) is 5.80. The van der Waals surface area contributed by atoms with Gasteiger partial charge in [-0.25, -0.2) is 17.9 Å². The van der Waals surface area contributed by atoms with Crippen LogP contribution in [0.2, 0.25) is 5.02 Å². The lowest BCUT2D eigenvalue weighted by atomic mass is 10.1. The summed E-state index contributed by atoms with van der Waals surface area (Å²) in [6.45, 7) is 5.44. The van der Waals surface area contributed by atoms with E-state index in [9.17, 15) is 28.1 Å². The van der Waals surface area contributed by atoms with E-state index < -0.39 is 49.2 Å². The molecule has 4 aromatic rings. The van der Waals surface area contributed by atoms with Crippen LogP contribution in [0.1, 0.15) is 26.3 Å². The molecule has 12 nitrogen and oxygen atoms in total. The fraction of sp³-hybridized carbons (Fsp3) is 0.250. The van der Waals surface area contributed by atoms with Crippen molar-refractivity contribution in [2.24, 2.45) is 0 Å². The highest BCUT2D eigenvalue weighted by molar-refractivity contribution is 7.90. The van der Waals surface area contributed by atoms with E-state index in [1.807, 2.05) is 47.2 Å². The smallest absolute Gasteiger partial charge is 0.408 e. The molecular weight excluding hydrogens is 638 g/mol. The molecule has 0 spiro atoms. The van der Waals surface area contributed by atoms with Gasteiger partial charge in [0.05, 0.1) is 9.82 Å². The van der Waals surface area contributed by atoms with Gasteiger partial charge < -0.3 is 19.5 Å². The lowest BCUT2D eigenvalue weighted by Gasteiger charge is -2.23. The van der Waals surface area contributed by atoms with Gasteiger partial charge in [0.1, 0.15) is 41.4 Å². The molecule has 0 aliphatic carbocycles. The summed E-state index contributed by atoms with van der Waals surface area (Å²) in [6, 6.07) is 21.7. The van der Waals surface area contributed by atoms with E-state index in [-0.39, 0.29) is 18.1 Å². The van der Waals surface area contributed by atoms with Gasteiger partial charge in [0.15, 0.2) is 0 Å². The molecule has 0 bridgehead atoms. The SMILES string of the molecule is CC(C)(C)OC(=O)N[C@@H](Cc1ccc(OCCOc2cccc3ccccc23)cc1)C(=O)NS(=O)(=O)c1ccc(Cl)c([N+](=O)[O-])c1. The minimum absolute atomic E-state index is 0.119. The second-order valence-electron chi connectivity index (χ2n) is 11.1. The fourth-order valence-electron chi connectivity index (χ4n) is 4.31. The zero-order valence-electron chi connectivity index (χ0n) is 25.2. The third-order valence-corrected chi connectivity index (χ3v) is 8.05. The van der Waals surface area contributed by atoms with Crippen molar-refractivity contribution in [1.82, 2.24) is 10.0 Å². The van der Waals surface area contributed by atoms with Gasteiger partial charge in [-0.3, -0.25) is 14.9 Å². The number of alkyl carbamates (subject to hydrolysis) is 1. The third kappa shape index (κ3) is 9.31. The summed E-state index contributed by atoms with van der Waals surface area (Å²) >= 11 is 5.79. The first-order chi connectivity index (χ1) is 21.7. The quantitative estimate of drug-likeness (QED) is 0.108. The molecule has 2 amide bonds. The number of ether oxygens (including phenoxy) is 3. The molecule has 2 N–H and O–H groups in total. The number of carbonyl (C=O) groups excluding carboxylic acids is 2. The molecule has 242 valence electrons. The molecule has 0 radical (unpaired) electrons. The molecule has 4 aromatic carbocycles. The molecule has 1 atom stereocenters. The van der Waals surface area contributed by atoms with Crippen LogP contribution in [-0.4, -0.2) is 50.2 Å². The summed E-state index contributed by atoms with van der Waals surface area (Å²) in [7, 11) is -4.58. The monoisotopic (exact) mass is 669 g/mol. The number of benzene rings is 4. The zero-order valence-corrected chi connectivity index (χ0v) is 26.8. The maximum Gasteiger partial charge on any atom is 0.408 e. The van der Waals surface area contributed by atoms with E-state index in [0.717, 1.165) is 34.7 Å². The molecular formula is C32H32ClN3O9S. The van der Waals surface area contributed by atoms with Crippen LogP contribution in [0, 0.1) is 10.1 Å². The number of rotatable bonds is 12. The predicted molar refractivity (Wildman–Crippen MR) is 172 cm³/mol. The first-order valence-corrected chi connectivity index (χ1v) is 15.9. The average molecular weight is 670 g/mol. The van der Waals surface area contributed by atoms with E-state index >= 15 is 0 Å². The lowest BCUT2D eigenvalue weighted by Crippen LogP contribution is -2.50. The average Bonchev–Trinajstić information content (AvgIpc) is 2.98. The van der Waals surface area contributed by atoms with E-state index in [1.165, 1.54) is 0 Å². The van der Waals surface area contributed by atoms with Crippen LogP contribution in [0.15, 0.2) is 89.8 Å². The Morgan fingerprint density at radius 1 is 0.935 bits per heavy atom. The van der Waals surface area contributed by atoms with E-state index in [1.54, 1.807) is 45.0 Å². The van der Waals surface area contributed by atoms with Gasteiger partial charge in [-0.2, -0.15) is 0 Å². The number of halogens is 1. The minimum atomic E-state index is -4.58. The number of nitro groups is 1. The Labute approximate surface area is 270 Å². The number of nitrogens with one attached hydrogen (secondary N) is 2. The van der Waals surface area contributed by atoms with Crippen molar-refractivity contribution in [2.45, 2.75) is 43.7 Å². The van der Waals surface area contributed by atoms with Gasteiger partial charge in [0, 0.05) is 17.9 Å². The van der Waals surface area contributed by atoms with Crippen LogP contribution >= 0.6 is 11.6 Å². The van der Waals surface area contributed by atoms with Crippen LogP contribution in [0.3, 0.4) is 0 Å². The van der Waals surface area contributed by atoms with Gasteiger partial charge in [-0.1, -0.05) is 60.1 Å². The number of hydrogen-bond donors (Lipinski definition) is 2. The Bertz CT molecular complexity index is 1840. The first-order valence-electron chi connectivity index (χ1n) is 14.0. The Kier molecular flexibility index (Phi) is 10.7. The number of carbonyl (C=O) groups is 2. The van der Waals surface area contributed by atoms with Gasteiger partial charge in [0.25, 0.3) is 21.6 Å². The molecule has 0 unspecified atom stereocenters. The Balaban J connectivity index is 1.42. The Morgan fingerprint density at radius 3 is 2.30 bits per heavy atom. The normalized spacial score (nSPS) is 12.2. The number of hydrogen-bond acceptors (Lipinski definition) is 9. The largest absolute Gasteiger partial charge is 0.490 e. The Morgan fingerprint density at radius 2 is 1.61 bits per heavy atom. The highest BCUT2D eigenvalue weighted by Gasteiger charge is 2.29. The van der Waals surface area contributed by atoms with Crippen molar-refractivity contribution in [3.8, 4) is 11.5 Å². The van der Waals surface area contributed by atoms with E-state index in [0.29, 0.717) is 17.9 Å². The highest BCUT2D eigenvalue weighted by atomic mass is 35.5. The van der Waals surface area contributed by atoms with Crippen LogP contribution in [0.25, 0.3) is 10.8 Å². The highest BCUT2D eigenvalue weighted by Crippen LogP contribution is 2.27. The summed E-state index contributed by atoms with van der Waals surface area (Å²) < 4.78 is 44.7. The van der Waals surface area contributed by atoms with Gasteiger partial charge >= 0.3 is 6.09 Å². The maximum absolute atomic E-state index is 13.2. The summed E-state index contributed by atoms with van der Waals surface area (Å²) in [5.74, 6) is 0.183. The zero-order chi connectivity index (χ0) is 33.5. The molecule has 0 aliphatic rings. The van der Waals surface area contributed by atoms with Crippen LogP contribution in [-0.2, 0) is 26.0 Å². The third-order valence-electron chi connectivity index (χ3n) is 6.39. The number of amides is 2. The molecule has 0 aliphatic heterocycles. The molecule has 0 fully saturated rings. The summed E-state index contributed by atoms with van der Waals surface area (Å²) in [5.41, 5.74) is -0.978. The molecule has 0 aromatic heterocycles. The summed E-state index contributed by atoms with van der Waals surface area (Å²) in [6.07, 6.45) is -1.07. The van der Waals surface area contributed by atoms with Crippen molar-refractivity contribution in [2.75, 3.05) is 13.2 Å². The van der Waals surface area contributed by atoms with Crippen LogP contribution in [0.4, 0.5) is 10.5 Å². The van der Waals surface area contributed by atoms with E-state index in [4.69, 9.17) is 25.8 Å². The molecule has 46 heavy (non-hydrogen) atoms.